The summed E-state index contributed by atoms with van der Waals surface area (Å²) >= 11 is 0. The Morgan fingerprint density at radius 2 is 0.600 bits per heavy atom. The van der Waals surface area contributed by atoms with Crippen LogP contribution in [-0.4, -0.2) is 0 Å². The van der Waals surface area contributed by atoms with Gasteiger partial charge in [-0.2, -0.15) is 41.5 Å². The molecule has 0 bridgehead atoms. The molecule has 0 heterocycles. The van der Waals surface area contributed by atoms with Gasteiger partial charge in [0.25, 0.3) is 0 Å². The first-order valence-corrected chi connectivity index (χ1v) is 3.00. The smallest absolute Gasteiger partial charge is 0.323 e. The first kappa shape index (κ1) is 22.5. The van der Waals surface area contributed by atoms with Gasteiger partial charge >= 0.3 is 21.1 Å². The standard InChI is InChI=1S/2C4H9.2W/c2*1-4(2)3;;/h2*1-3H3;;/q2*-1;;+2. The fraction of sp³-hybridized carbons (Fsp3) is 0.750. The molecule has 0 saturated heterocycles. The Bertz CT molecular complexity index is 22.7. The predicted molar refractivity (Wildman–Crippen MR) is 40.5 cm³/mol. The van der Waals surface area contributed by atoms with Crippen LogP contribution in [0.25, 0.3) is 0 Å². The van der Waals surface area contributed by atoms with E-state index in [-0.39, 0.29) is 42.1 Å². The second-order valence-electron chi connectivity index (χ2n) is 3.00. The van der Waals surface area contributed by atoms with Gasteiger partial charge < -0.3 is 11.8 Å². The molecule has 0 fully saturated rings. The van der Waals surface area contributed by atoms with E-state index in [0.717, 1.165) is 0 Å². The van der Waals surface area contributed by atoms with Gasteiger partial charge in [-0.3, -0.25) is 0 Å². The maximum Gasteiger partial charge on any atom is 2.00 e. The first-order chi connectivity index (χ1) is 3.46. The third-order valence-electron chi connectivity index (χ3n) is 0. The fourth-order valence-corrected chi connectivity index (χ4v) is 0. The van der Waals surface area contributed by atoms with Crippen LogP contribution in [0.4, 0.5) is 0 Å². The van der Waals surface area contributed by atoms with Crippen LogP contribution < -0.4 is 0 Å². The molecule has 2 heteroatoms. The Kier molecular flexibility index (Phi) is 37.7. The Balaban J connectivity index is -0.0000000300. The van der Waals surface area contributed by atoms with Crippen molar-refractivity contribution in [2.45, 2.75) is 41.5 Å². The van der Waals surface area contributed by atoms with E-state index < -0.39 is 0 Å². The maximum atomic E-state index is 2.08. The van der Waals surface area contributed by atoms with Crippen molar-refractivity contribution in [3.8, 4) is 0 Å². The molecule has 0 amide bonds. The van der Waals surface area contributed by atoms with Gasteiger partial charge in [0.2, 0.25) is 0 Å². The Morgan fingerprint density at radius 1 is 0.600 bits per heavy atom. The second-order valence-corrected chi connectivity index (χ2v) is 3.00. The van der Waals surface area contributed by atoms with Gasteiger partial charge in [0.1, 0.15) is 0 Å². The van der Waals surface area contributed by atoms with Crippen LogP contribution in [0, 0.1) is 11.8 Å². The summed E-state index contributed by atoms with van der Waals surface area (Å²) in [5, 5.41) is 0. The Hall–Kier alpha value is 1.38. The first-order valence-electron chi connectivity index (χ1n) is 3.00. The van der Waals surface area contributed by atoms with Crippen molar-refractivity contribution in [2.75, 3.05) is 0 Å². The van der Waals surface area contributed by atoms with Crippen molar-refractivity contribution in [1.82, 2.24) is 0 Å². The molecule has 0 aliphatic rings. The Labute approximate surface area is 95.1 Å². The number of hydrogen-bond donors (Lipinski definition) is 0. The van der Waals surface area contributed by atoms with E-state index in [1.807, 2.05) is 0 Å². The molecule has 0 radical (unpaired) electrons. The van der Waals surface area contributed by atoms with Crippen LogP contribution in [-0.2, 0) is 42.1 Å². The molecule has 0 aromatic heterocycles. The van der Waals surface area contributed by atoms with Crippen molar-refractivity contribution < 1.29 is 42.1 Å². The van der Waals surface area contributed by atoms with Crippen molar-refractivity contribution >= 4 is 0 Å². The van der Waals surface area contributed by atoms with Gasteiger partial charge in [0.05, 0.1) is 0 Å². The molecular weight excluding hydrogens is 464 g/mol. The summed E-state index contributed by atoms with van der Waals surface area (Å²) < 4.78 is 0. The molecule has 0 spiro atoms. The topological polar surface area (TPSA) is 0 Å². The Morgan fingerprint density at radius 3 is 0.600 bits per heavy atom. The molecule has 62 valence electrons. The zero-order valence-electron chi connectivity index (χ0n) is 7.82. The fourth-order valence-electron chi connectivity index (χ4n) is 0. The number of rotatable bonds is 0. The van der Waals surface area contributed by atoms with Crippen LogP contribution in [0.3, 0.4) is 0 Å². The molecular formula is C8H18W2. The zero-order chi connectivity index (χ0) is 7.15. The summed E-state index contributed by atoms with van der Waals surface area (Å²) in [6, 6.07) is 0. The summed E-state index contributed by atoms with van der Waals surface area (Å²) in [6.07, 6.45) is 0. The SMILES string of the molecule is C[C-](C)C.C[C-](C)C.[W+2].[W]. The van der Waals surface area contributed by atoms with Crippen molar-refractivity contribution in [2.24, 2.45) is 0 Å². The normalized spacial score (nSPS) is 7.20. The van der Waals surface area contributed by atoms with Crippen LogP contribution in [0.5, 0.6) is 0 Å². The number of hydrogen-bond acceptors (Lipinski definition) is 0. The van der Waals surface area contributed by atoms with Gasteiger partial charge in [-0.25, -0.2) is 0 Å². The molecule has 0 aromatic rings. The van der Waals surface area contributed by atoms with E-state index in [4.69, 9.17) is 0 Å². The molecule has 0 atom stereocenters. The van der Waals surface area contributed by atoms with E-state index in [1.165, 1.54) is 11.8 Å². The van der Waals surface area contributed by atoms with E-state index in [2.05, 4.69) is 41.5 Å². The maximum absolute atomic E-state index is 2.08. The van der Waals surface area contributed by atoms with Crippen LogP contribution in [0.15, 0.2) is 0 Å². The predicted octanol–water partition coefficient (Wildman–Crippen LogP) is 3.24. The average molecular weight is 482 g/mol. The van der Waals surface area contributed by atoms with E-state index in [9.17, 15) is 0 Å². The largest absolute Gasteiger partial charge is 2.00 e. The van der Waals surface area contributed by atoms with Gasteiger partial charge in [0, 0.05) is 21.1 Å². The van der Waals surface area contributed by atoms with Gasteiger partial charge in [-0.15, -0.1) is 0 Å². The van der Waals surface area contributed by atoms with Crippen molar-refractivity contribution in [1.29, 1.82) is 0 Å². The third-order valence-corrected chi connectivity index (χ3v) is 0. The van der Waals surface area contributed by atoms with Crippen molar-refractivity contribution in [3.63, 3.8) is 0 Å². The van der Waals surface area contributed by atoms with Gasteiger partial charge in [-0.1, -0.05) is 0 Å². The minimum atomic E-state index is 0. The monoisotopic (exact) mass is 482 g/mol. The third kappa shape index (κ3) is 347. The molecule has 0 unspecified atom stereocenters. The molecule has 0 N–H and O–H groups in total. The van der Waals surface area contributed by atoms with E-state index >= 15 is 0 Å². The molecule has 0 aromatic carbocycles. The summed E-state index contributed by atoms with van der Waals surface area (Å²) in [4.78, 5) is 0. The summed E-state index contributed by atoms with van der Waals surface area (Å²) in [7, 11) is 0. The molecule has 0 nitrogen and oxygen atoms in total. The summed E-state index contributed by atoms with van der Waals surface area (Å²) in [6.45, 7) is 12.5. The minimum Gasteiger partial charge on any atom is -0.323 e. The van der Waals surface area contributed by atoms with Crippen LogP contribution in [0.1, 0.15) is 41.5 Å². The van der Waals surface area contributed by atoms with E-state index in [1.54, 1.807) is 0 Å². The van der Waals surface area contributed by atoms with Gasteiger partial charge in [0.15, 0.2) is 0 Å². The molecule has 0 aliphatic carbocycles. The summed E-state index contributed by atoms with van der Waals surface area (Å²) in [5.41, 5.74) is 0. The molecule has 0 aliphatic heterocycles. The van der Waals surface area contributed by atoms with Crippen molar-refractivity contribution in [3.05, 3.63) is 11.8 Å². The van der Waals surface area contributed by atoms with Gasteiger partial charge in [-0.05, 0) is 0 Å². The second kappa shape index (κ2) is 16.8. The zero-order valence-corrected chi connectivity index (χ0v) is 13.7. The molecule has 0 saturated carbocycles. The summed E-state index contributed by atoms with van der Waals surface area (Å²) in [5.74, 6) is 2.83. The van der Waals surface area contributed by atoms with Crippen LogP contribution >= 0.6 is 0 Å². The van der Waals surface area contributed by atoms with E-state index in [0.29, 0.717) is 0 Å². The van der Waals surface area contributed by atoms with Crippen LogP contribution in [0.2, 0.25) is 0 Å². The molecule has 0 rings (SSSR count). The minimum absolute atomic E-state index is 0. The quantitative estimate of drug-likeness (QED) is 0.466. The molecule has 10 heavy (non-hydrogen) atoms. The average Bonchev–Trinajstić information content (AvgIpc) is 1.25.